The number of anilines is 1. The third-order valence-corrected chi connectivity index (χ3v) is 4.44. The van der Waals surface area contributed by atoms with E-state index < -0.39 is 5.97 Å². The number of nitrogens with one attached hydrogen (secondary N) is 1. The summed E-state index contributed by atoms with van der Waals surface area (Å²) in [6.07, 6.45) is 0. The molecular formula is C17H14N2O5S. The summed E-state index contributed by atoms with van der Waals surface area (Å²) < 4.78 is 11.0. The van der Waals surface area contributed by atoms with Crippen molar-refractivity contribution >= 4 is 38.6 Å². The van der Waals surface area contributed by atoms with Crippen molar-refractivity contribution in [3.05, 3.63) is 47.5 Å². The first kappa shape index (κ1) is 16.7. The largest absolute Gasteiger partial charge is 0.493 e. The molecule has 1 aromatic heterocycles. The lowest BCUT2D eigenvalue weighted by Gasteiger charge is -2.09. The lowest BCUT2D eigenvalue weighted by atomic mass is 10.2. The molecule has 0 aliphatic carbocycles. The predicted octanol–water partition coefficient (Wildman–Crippen LogP) is 3.26. The summed E-state index contributed by atoms with van der Waals surface area (Å²) >= 11 is 1.21. The minimum atomic E-state index is -1.01. The van der Waals surface area contributed by atoms with Crippen molar-refractivity contribution in [2.45, 2.75) is 0 Å². The van der Waals surface area contributed by atoms with E-state index in [0.29, 0.717) is 32.4 Å². The van der Waals surface area contributed by atoms with Gasteiger partial charge in [0.15, 0.2) is 16.6 Å². The minimum Gasteiger partial charge on any atom is -0.493 e. The third kappa shape index (κ3) is 3.38. The Morgan fingerprint density at radius 2 is 1.76 bits per heavy atom. The number of carbonyl (C=O) groups is 2. The van der Waals surface area contributed by atoms with Crippen molar-refractivity contribution in [3.8, 4) is 11.5 Å². The highest BCUT2D eigenvalue weighted by atomic mass is 32.1. The molecule has 0 bridgehead atoms. The van der Waals surface area contributed by atoms with Gasteiger partial charge in [0.1, 0.15) is 0 Å². The first-order valence-corrected chi connectivity index (χ1v) is 8.00. The number of ether oxygens (including phenoxy) is 2. The Labute approximate surface area is 146 Å². The number of nitrogens with zero attached hydrogens (tertiary/aromatic N) is 1. The second kappa shape index (κ2) is 6.78. The van der Waals surface area contributed by atoms with E-state index in [4.69, 9.17) is 14.6 Å². The lowest BCUT2D eigenvalue weighted by molar-refractivity contribution is 0.0697. The maximum Gasteiger partial charge on any atom is 0.335 e. The van der Waals surface area contributed by atoms with Crippen LogP contribution in [0.15, 0.2) is 36.4 Å². The number of hydrogen-bond acceptors (Lipinski definition) is 6. The Morgan fingerprint density at radius 3 is 2.44 bits per heavy atom. The monoisotopic (exact) mass is 358 g/mol. The summed E-state index contributed by atoms with van der Waals surface area (Å²) in [7, 11) is 3.01. The summed E-state index contributed by atoms with van der Waals surface area (Å²) in [5, 5.41) is 12.1. The first-order chi connectivity index (χ1) is 12.0. The molecule has 0 unspecified atom stereocenters. The van der Waals surface area contributed by atoms with Crippen molar-refractivity contribution in [2.75, 3.05) is 19.5 Å². The highest BCUT2D eigenvalue weighted by Gasteiger charge is 2.14. The normalized spacial score (nSPS) is 10.5. The molecule has 25 heavy (non-hydrogen) atoms. The van der Waals surface area contributed by atoms with Crippen LogP contribution >= 0.6 is 11.3 Å². The van der Waals surface area contributed by atoms with Crippen LogP contribution in [0.25, 0.3) is 10.2 Å². The maximum absolute atomic E-state index is 12.4. The fraction of sp³-hybridized carbons (Fsp3) is 0.118. The van der Waals surface area contributed by atoms with Crippen LogP contribution in [0.5, 0.6) is 11.5 Å². The predicted molar refractivity (Wildman–Crippen MR) is 94.1 cm³/mol. The van der Waals surface area contributed by atoms with Gasteiger partial charge in [-0.25, -0.2) is 9.78 Å². The number of fused-ring (bicyclic) bond motifs is 1. The minimum absolute atomic E-state index is 0.175. The van der Waals surface area contributed by atoms with Crippen molar-refractivity contribution in [2.24, 2.45) is 0 Å². The van der Waals surface area contributed by atoms with Gasteiger partial charge in [0.25, 0.3) is 5.91 Å². The molecule has 0 spiro atoms. The smallest absolute Gasteiger partial charge is 0.335 e. The van der Waals surface area contributed by atoms with Gasteiger partial charge in [0.2, 0.25) is 0 Å². The Morgan fingerprint density at radius 1 is 1.04 bits per heavy atom. The molecular weight excluding hydrogens is 344 g/mol. The zero-order valence-corrected chi connectivity index (χ0v) is 14.2. The Hall–Kier alpha value is -3.13. The van der Waals surface area contributed by atoms with Crippen LogP contribution in [0.3, 0.4) is 0 Å². The second-order valence-electron chi connectivity index (χ2n) is 5.03. The lowest BCUT2D eigenvalue weighted by Crippen LogP contribution is -2.11. The quantitative estimate of drug-likeness (QED) is 0.726. The van der Waals surface area contributed by atoms with Crippen LogP contribution in [0.2, 0.25) is 0 Å². The average Bonchev–Trinajstić information content (AvgIpc) is 3.02. The van der Waals surface area contributed by atoms with Gasteiger partial charge >= 0.3 is 5.97 Å². The van der Waals surface area contributed by atoms with Crippen molar-refractivity contribution in [1.82, 2.24) is 4.98 Å². The molecule has 8 heteroatoms. The van der Waals surface area contributed by atoms with Crippen LogP contribution in [0.1, 0.15) is 20.7 Å². The standard InChI is InChI=1S/C17H14N2O5S/c1-23-12-6-4-9(7-13(12)24-2)15(20)19-17-18-11-5-3-10(16(21)22)8-14(11)25-17/h3-8H,1-2H3,(H,21,22)(H,18,19,20). The first-order valence-electron chi connectivity index (χ1n) is 7.19. The third-order valence-electron chi connectivity index (χ3n) is 3.50. The van der Waals surface area contributed by atoms with Crippen molar-refractivity contribution < 1.29 is 24.2 Å². The molecule has 0 radical (unpaired) electrons. The molecule has 0 fully saturated rings. The summed E-state index contributed by atoms with van der Waals surface area (Å²) in [5.41, 5.74) is 1.19. The van der Waals surface area contributed by atoms with E-state index in [1.54, 1.807) is 24.3 Å². The van der Waals surface area contributed by atoms with Gasteiger partial charge in [-0.3, -0.25) is 10.1 Å². The Balaban J connectivity index is 1.85. The summed E-state index contributed by atoms with van der Waals surface area (Å²) in [6, 6.07) is 9.45. The summed E-state index contributed by atoms with van der Waals surface area (Å²) in [4.78, 5) is 27.7. The Kier molecular flexibility index (Phi) is 4.53. The molecule has 7 nitrogen and oxygen atoms in total. The van der Waals surface area contributed by atoms with Crippen molar-refractivity contribution in [1.29, 1.82) is 0 Å². The fourth-order valence-electron chi connectivity index (χ4n) is 2.26. The van der Waals surface area contributed by atoms with Gasteiger partial charge in [0, 0.05) is 5.56 Å². The molecule has 2 N–H and O–H groups in total. The average molecular weight is 358 g/mol. The summed E-state index contributed by atoms with van der Waals surface area (Å²) in [6.45, 7) is 0. The number of aromatic carboxylic acids is 1. The number of benzene rings is 2. The van der Waals surface area contributed by atoms with Gasteiger partial charge in [0.05, 0.1) is 30.0 Å². The molecule has 1 heterocycles. The van der Waals surface area contributed by atoms with Crippen LogP contribution < -0.4 is 14.8 Å². The number of carbonyl (C=O) groups excluding carboxylic acids is 1. The number of rotatable bonds is 5. The number of methoxy groups -OCH3 is 2. The highest BCUT2D eigenvalue weighted by Crippen LogP contribution is 2.29. The van der Waals surface area contributed by atoms with E-state index in [1.807, 2.05) is 0 Å². The zero-order valence-electron chi connectivity index (χ0n) is 13.4. The topological polar surface area (TPSA) is 97.8 Å². The fourth-order valence-corrected chi connectivity index (χ4v) is 3.16. The van der Waals surface area contributed by atoms with Gasteiger partial charge in [-0.2, -0.15) is 0 Å². The maximum atomic E-state index is 12.4. The molecule has 2 aromatic carbocycles. The van der Waals surface area contributed by atoms with E-state index in [2.05, 4.69) is 10.3 Å². The van der Waals surface area contributed by atoms with Crippen LogP contribution in [0.4, 0.5) is 5.13 Å². The van der Waals surface area contributed by atoms with E-state index in [1.165, 1.54) is 37.7 Å². The number of carboxylic acid groups (broad SMARTS) is 1. The molecule has 0 aliphatic rings. The van der Waals surface area contributed by atoms with E-state index in [9.17, 15) is 9.59 Å². The Bertz CT molecular complexity index is 967. The molecule has 3 rings (SSSR count). The molecule has 0 atom stereocenters. The van der Waals surface area contributed by atoms with Crippen LogP contribution in [-0.2, 0) is 0 Å². The number of carboxylic acids is 1. The van der Waals surface area contributed by atoms with Gasteiger partial charge in [-0.05, 0) is 36.4 Å². The van der Waals surface area contributed by atoms with Gasteiger partial charge < -0.3 is 14.6 Å². The SMILES string of the molecule is COc1ccc(C(=O)Nc2nc3ccc(C(=O)O)cc3s2)cc1OC. The van der Waals surface area contributed by atoms with Crippen LogP contribution in [-0.4, -0.2) is 36.2 Å². The number of aromatic nitrogens is 1. The molecule has 128 valence electrons. The number of hydrogen-bond donors (Lipinski definition) is 2. The molecule has 3 aromatic rings. The number of amides is 1. The molecule has 0 aliphatic heterocycles. The molecule has 0 saturated carbocycles. The molecule has 1 amide bonds. The summed E-state index contributed by atoms with van der Waals surface area (Å²) in [5.74, 6) is -0.379. The van der Waals surface area contributed by atoms with E-state index >= 15 is 0 Å². The van der Waals surface area contributed by atoms with E-state index in [-0.39, 0.29) is 11.5 Å². The van der Waals surface area contributed by atoms with Gasteiger partial charge in [-0.1, -0.05) is 11.3 Å². The van der Waals surface area contributed by atoms with Gasteiger partial charge in [-0.15, -0.1) is 0 Å². The second-order valence-corrected chi connectivity index (χ2v) is 6.06. The number of thiazole rings is 1. The molecule has 0 saturated heterocycles. The van der Waals surface area contributed by atoms with Crippen LogP contribution in [0, 0.1) is 0 Å². The van der Waals surface area contributed by atoms with E-state index in [0.717, 1.165) is 0 Å². The highest BCUT2D eigenvalue weighted by molar-refractivity contribution is 7.22. The van der Waals surface area contributed by atoms with Crippen molar-refractivity contribution in [3.63, 3.8) is 0 Å². The zero-order chi connectivity index (χ0) is 18.0.